The number of carbonyl (C=O) groups is 1. The number of aliphatic hydroxyl groups excluding tert-OH is 1. The van der Waals surface area contributed by atoms with Crippen molar-refractivity contribution in [2.45, 2.75) is 39.7 Å². The van der Waals surface area contributed by atoms with Gasteiger partial charge in [0.15, 0.2) is 0 Å². The normalized spacial score (nSPS) is 15.3. The largest absolute Gasteiger partial charge is 0.465 e. The van der Waals surface area contributed by atoms with Crippen LogP contribution in [0.2, 0.25) is 0 Å². The number of ether oxygens (including phenoxy) is 1. The van der Waals surface area contributed by atoms with Crippen molar-refractivity contribution in [2.24, 2.45) is 5.92 Å². The van der Waals surface area contributed by atoms with Gasteiger partial charge < -0.3 is 9.84 Å². The third kappa shape index (κ3) is 4.34. The van der Waals surface area contributed by atoms with Crippen LogP contribution in [0.1, 0.15) is 33.6 Å². The Labute approximate surface area is 73.7 Å². The molecule has 0 saturated heterocycles. The van der Waals surface area contributed by atoms with Gasteiger partial charge in [0.05, 0.1) is 18.6 Å². The Morgan fingerprint density at radius 1 is 1.50 bits per heavy atom. The van der Waals surface area contributed by atoms with E-state index >= 15 is 0 Å². The predicted octanol–water partition coefficient (Wildman–Crippen LogP) is 1.35. The van der Waals surface area contributed by atoms with Crippen LogP contribution >= 0.6 is 0 Å². The van der Waals surface area contributed by atoms with Gasteiger partial charge in [-0.2, -0.15) is 0 Å². The fourth-order valence-corrected chi connectivity index (χ4v) is 0.645. The standard InChI is InChI=1S/C9H18O3/c1-4-5-6-12-9(11)7(2)8(3)10/h7-8,10H,4-6H2,1-3H3/t7-,8?/m0/s1. The summed E-state index contributed by atoms with van der Waals surface area (Å²) in [5.41, 5.74) is 0. The number of carbonyl (C=O) groups excluding carboxylic acids is 1. The van der Waals surface area contributed by atoms with Crippen LogP contribution in [-0.4, -0.2) is 23.8 Å². The van der Waals surface area contributed by atoms with Gasteiger partial charge in [-0.05, 0) is 20.3 Å². The van der Waals surface area contributed by atoms with Crippen LogP contribution in [0.5, 0.6) is 0 Å². The summed E-state index contributed by atoms with van der Waals surface area (Å²) >= 11 is 0. The molecule has 0 heterocycles. The van der Waals surface area contributed by atoms with Gasteiger partial charge in [0.1, 0.15) is 0 Å². The van der Waals surface area contributed by atoms with Crippen LogP contribution in [0.15, 0.2) is 0 Å². The van der Waals surface area contributed by atoms with E-state index < -0.39 is 12.0 Å². The molecule has 0 radical (unpaired) electrons. The Balaban J connectivity index is 3.57. The molecule has 0 aromatic rings. The third-order valence-electron chi connectivity index (χ3n) is 1.84. The second-order valence-electron chi connectivity index (χ2n) is 3.05. The second-order valence-corrected chi connectivity index (χ2v) is 3.05. The fourth-order valence-electron chi connectivity index (χ4n) is 0.645. The van der Waals surface area contributed by atoms with Crippen molar-refractivity contribution in [2.75, 3.05) is 6.61 Å². The molecule has 0 fully saturated rings. The van der Waals surface area contributed by atoms with Crippen LogP contribution in [-0.2, 0) is 9.53 Å². The molecule has 0 bridgehead atoms. The molecule has 3 nitrogen and oxygen atoms in total. The summed E-state index contributed by atoms with van der Waals surface area (Å²) in [4.78, 5) is 11.1. The summed E-state index contributed by atoms with van der Waals surface area (Å²) in [7, 11) is 0. The van der Waals surface area contributed by atoms with Gasteiger partial charge in [-0.25, -0.2) is 0 Å². The highest BCUT2D eigenvalue weighted by Crippen LogP contribution is 2.04. The maximum absolute atomic E-state index is 11.1. The second kappa shape index (κ2) is 6.00. The summed E-state index contributed by atoms with van der Waals surface area (Å²) < 4.78 is 4.91. The molecule has 0 aliphatic rings. The van der Waals surface area contributed by atoms with E-state index in [0.717, 1.165) is 12.8 Å². The van der Waals surface area contributed by atoms with Gasteiger partial charge in [-0.15, -0.1) is 0 Å². The van der Waals surface area contributed by atoms with Crippen molar-refractivity contribution in [1.29, 1.82) is 0 Å². The van der Waals surface area contributed by atoms with E-state index in [1.54, 1.807) is 13.8 Å². The molecule has 1 unspecified atom stereocenters. The summed E-state index contributed by atoms with van der Waals surface area (Å²) in [5.74, 6) is -0.722. The highest BCUT2D eigenvalue weighted by atomic mass is 16.5. The van der Waals surface area contributed by atoms with Gasteiger partial charge in [0.2, 0.25) is 0 Å². The minimum Gasteiger partial charge on any atom is -0.465 e. The Bertz CT molecular complexity index is 132. The molecule has 0 amide bonds. The van der Waals surface area contributed by atoms with E-state index in [9.17, 15) is 4.79 Å². The predicted molar refractivity (Wildman–Crippen MR) is 46.7 cm³/mol. The average molecular weight is 174 g/mol. The maximum atomic E-state index is 11.1. The molecule has 0 saturated carbocycles. The van der Waals surface area contributed by atoms with Crippen molar-refractivity contribution in [3.8, 4) is 0 Å². The van der Waals surface area contributed by atoms with Crippen molar-refractivity contribution in [1.82, 2.24) is 0 Å². The molecule has 72 valence electrons. The van der Waals surface area contributed by atoms with Gasteiger partial charge in [-0.1, -0.05) is 13.3 Å². The summed E-state index contributed by atoms with van der Waals surface area (Å²) in [6.07, 6.45) is 1.27. The van der Waals surface area contributed by atoms with E-state index in [1.165, 1.54) is 0 Å². The van der Waals surface area contributed by atoms with Crippen molar-refractivity contribution < 1.29 is 14.6 Å². The first-order chi connectivity index (χ1) is 5.59. The van der Waals surface area contributed by atoms with E-state index in [-0.39, 0.29) is 5.97 Å². The van der Waals surface area contributed by atoms with Crippen LogP contribution in [0.3, 0.4) is 0 Å². The molecule has 3 heteroatoms. The molecule has 12 heavy (non-hydrogen) atoms. The number of esters is 1. The molecule has 1 N–H and O–H groups in total. The van der Waals surface area contributed by atoms with Crippen LogP contribution < -0.4 is 0 Å². The zero-order chi connectivity index (χ0) is 9.56. The molecule has 0 aliphatic heterocycles. The Morgan fingerprint density at radius 3 is 2.50 bits per heavy atom. The zero-order valence-electron chi connectivity index (χ0n) is 8.04. The lowest BCUT2D eigenvalue weighted by molar-refractivity contribution is -0.151. The smallest absolute Gasteiger partial charge is 0.311 e. The average Bonchev–Trinajstić information content (AvgIpc) is 2.03. The minimum absolute atomic E-state index is 0.307. The van der Waals surface area contributed by atoms with Gasteiger partial charge in [0.25, 0.3) is 0 Å². The SMILES string of the molecule is CCCCOC(=O)[C@@H](C)C(C)O. The Hall–Kier alpha value is -0.570. The van der Waals surface area contributed by atoms with Crippen LogP contribution in [0.25, 0.3) is 0 Å². The lowest BCUT2D eigenvalue weighted by atomic mass is 10.1. The summed E-state index contributed by atoms with van der Waals surface area (Å²) in [5, 5.41) is 9.05. The number of unbranched alkanes of at least 4 members (excludes halogenated alkanes) is 1. The number of aliphatic hydroxyl groups is 1. The van der Waals surface area contributed by atoms with E-state index in [1.807, 2.05) is 6.92 Å². The lowest BCUT2D eigenvalue weighted by Gasteiger charge is -2.13. The first-order valence-corrected chi connectivity index (χ1v) is 4.44. The zero-order valence-corrected chi connectivity index (χ0v) is 8.04. The maximum Gasteiger partial charge on any atom is 0.311 e. The molecule has 0 spiro atoms. The highest BCUT2D eigenvalue weighted by molar-refractivity contribution is 5.72. The quantitative estimate of drug-likeness (QED) is 0.505. The van der Waals surface area contributed by atoms with E-state index in [4.69, 9.17) is 9.84 Å². The van der Waals surface area contributed by atoms with Gasteiger partial charge >= 0.3 is 5.97 Å². The van der Waals surface area contributed by atoms with Crippen molar-refractivity contribution >= 4 is 5.97 Å². The molecule has 2 atom stereocenters. The number of hydrogen-bond donors (Lipinski definition) is 1. The van der Waals surface area contributed by atoms with Gasteiger partial charge in [-0.3, -0.25) is 4.79 Å². The van der Waals surface area contributed by atoms with E-state index in [2.05, 4.69) is 0 Å². The molecule has 0 aromatic carbocycles. The molecular formula is C9H18O3. The summed E-state index contributed by atoms with van der Waals surface area (Å²) in [6, 6.07) is 0. The van der Waals surface area contributed by atoms with E-state index in [0.29, 0.717) is 6.61 Å². The summed E-state index contributed by atoms with van der Waals surface area (Å²) in [6.45, 7) is 5.75. The highest BCUT2D eigenvalue weighted by Gasteiger charge is 2.18. The Morgan fingerprint density at radius 2 is 2.08 bits per heavy atom. The topological polar surface area (TPSA) is 46.5 Å². The Kier molecular flexibility index (Phi) is 5.72. The minimum atomic E-state index is -0.626. The van der Waals surface area contributed by atoms with Gasteiger partial charge in [0, 0.05) is 0 Å². The lowest BCUT2D eigenvalue weighted by Crippen LogP contribution is -2.25. The van der Waals surface area contributed by atoms with Crippen LogP contribution in [0.4, 0.5) is 0 Å². The molecule has 0 aromatic heterocycles. The first-order valence-electron chi connectivity index (χ1n) is 4.44. The third-order valence-corrected chi connectivity index (χ3v) is 1.84. The molecule has 0 rings (SSSR count). The van der Waals surface area contributed by atoms with Crippen molar-refractivity contribution in [3.63, 3.8) is 0 Å². The number of rotatable bonds is 5. The monoisotopic (exact) mass is 174 g/mol. The van der Waals surface area contributed by atoms with Crippen LogP contribution in [0, 0.1) is 5.92 Å². The number of hydrogen-bond acceptors (Lipinski definition) is 3. The molecule has 0 aliphatic carbocycles. The first kappa shape index (κ1) is 11.4. The van der Waals surface area contributed by atoms with Crippen molar-refractivity contribution in [3.05, 3.63) is 0 Å². The molecular weight excluding hydrogens is 156 g/mol. The fraction of sp³-hybridized carbons (Fsp3) is 0.889.